The Kier molecular flexibility index (Phi) is 4.71. The molecule has 0 aliphatic heterocycles. The minimum Gasteiger partial charge on any atom is -0.369 e. The SMILES string of the molecule is Nc1nc(-c2ccccc2)cc2nnc(SCC(=O)Nc3ccccc3)n12. The quantitative estimate of drug-likeness (QED) is 0.519. The second-order valence-electron chi connectivity index (χ2n) is 5.74. The summed E-state index contributed by atoms with van der Waals surface area (Å²) < 4.78 is 1.65. The van der Waals surface area contributed by atoms with E-state index in [0.717, 1.165) is 16.9 Å². The van der Waals surface area contributed by atoms with Gasteiger partial charge in [-0.05, 0) is 12.1 Å². The predicted octanol–water partition coefficient (Wildman–Crippen LogP) is 3.10. The molecule has 0 atom stereocenters. The van der Waals surface area contributed by atoms with Gasteiger partial charge in [-0.3, -0.25) is 4.79 Å². The Hall–Kier alpha value is -3.39. The predicted molar refractivity (Wildman–Crippen MR) is 106 cm³/mol. The molecule has 3 N–H and O–H groups in total. The molecule has 0 saturated carbocycles. The van der Waals surface area contributed by atoms with Gasteiger partial charge in [0.1, 0.15) is 0 Å². The Balaban J connectivity index is 1.52. The zero-order valence-corrected chi connectivity index (χ0v) is 15.1. The Morgan fingerprint density at radius 2 is 1.74 bits per heavy atom. The number of benzene rings is 2. The molecule has 0 radical (unpaired) electrons. The van der Waals surface area contributed by atoms with Crippen molar-refractivity contribution in [2.24, 2.45) is 0 Å². The summed E-state index contributed by atoms with van der Waals surface area (Å²) in [6.45, 7) is 0. The van der Waals surface area contributed by atoms with Crippen LogP contribution in [0, 0.1) is 0 Å². The summed E-state index contributed by atoms with van der Waals surface area (Å²) in [6, 6.07) is 20.9. The van der Waals surface area contributed by atoms with E-state index in [9.17, 15) is 4.79 Å². The van der Waals surface area contributed by atoms with E-state index in [1.54, 1.807) is 4.40 Å². The maximum absolute atomic E-state index is 12.1. The van der Waals surface area contributed by atoms with Gasteiger partial charge in [0, 0.05) is 17.3 Å². The zero-order valence-electron chi connectivity index (χ0n) is 14.2. The number of hydrogen-bond donors (Lipinski definition) is 2. The van der Waals surface area contributed by atoms with Gasteiger partial charge in [-0.25, -0.2) is 9.38 Å². The van der Waals surface area contributed by atoms with Crippen molar-refractivity contribution in [3.63, 3.8) is 0 Å². The van der Waals surface area contributed by atoms with Gasteiger partial charge in [-0.1, -0.05) is 60.3 Å². The number of nitrogen functional groups attached to an aromatic ring is 1. The van der Waals surface area contributed by atoms with Crippen molar-refractivity contribution in [2.75, 3.05) is 16.8 Å². The number of fused-ring (bicyclic) bond motifs is 1. The molecule has 0 fully saturated rings. The highest BCUT2D eigenvalue weighted by atomic mass is 32.2. The standard InChI is InChI=1S/C19H16N6OS/c20-18-22-15(13-7-3-1-4-8-13)11-16-23-24-19(25(16)18)27-12-17(26)21-14-9-5-2-6-10-14/h1-11H,12H2,(H2,20,22)(H,21,26). The van der Waals surface area contributed by atoms with Crippen LogP contribution in [0.2, 0.25) is 0 Å². The smallest absolute Gasteiger partial charge is 0.234 e. The molecule has 2 heterocycles. The van der Waals surface area contributed by atoms with Crippen LogP contribution in [-0.2, 0) is 4.79 Å². The number of rotatable bonds is 5. The van der Waals surface area contributed by atoms with E-state index < -0.39 is 0 Å². The van der Waals surface area contributed by atoms with Gasteiger partial charge in [0.05, 0.1) is 11.4 Å². The Bertz CT molecular complexity index is 1080. The Morgan fingerprint density at radius 3 is 2.48 bits per heavy atom. The maximum atomic E-state index is 12.1. The highest BCUT2D eigenvalue weighted by Crippen LogP contribution is 2.24. The molecule has 8 heteroatoms. The first-order chi connectivity index (χ1) is 13.2. The Labute approximate surface area is 159 Å². The van der Waals surface area contributed by atoms with Gasteiger partial charge in [-0.2, -0.15) is 0 Å². The van der Waals surface area contributed by atoms with E-state index in [2.05, 4.69) is 20.5 Å². The lowest BCUT2D eigenvalue weighted by Crippen LogP contribution is -2.14. The second kappa shape index (κ2) is 7.46. The van der Waals surface area contributed by atoms with E-state index in [4.69, 9.17) is 5.73 Å². The topological polar surface area (TPSA) is 98.2 Å². The molecule has 7 nitrogen and oxygen atoms in total. The van der Waals surface area contributed by atoms with Gasteiger partial charge >= 0.3 is 0 Å². The molecule has 2 aromatic carbocycles. The van der Waals surface area contributed by atoms with Crippen molar-refractivity contribution in [2.45, 2.75) is 5.16 Å². The summed E-state index contributed by atoms with van der Waals surface area (Å²) in [5.41, 5.74) is 9.15. The molecular formula is C19H16N6OS. The molecule has 4 rings (SSSR count). The lowest BCUT2D eigenvalue weighted by molar-refractivity contribution is -0.113. The van der Waals surface area contributed by atoms with E-state index in [0.29, 0.717) is 10.8 Å². The molecule has 0 spiro atoms. The average Bonchev–Trinajstić information content (AvgIpc) is 3.11. The fraction of sp³-hybridized carbons (Fsp3) is 0.0526. The fourth-order valence-electron chi connectivity index (χ4n) is 2.62. The van der Waals surface area contributed by atoms with Crippen LogP contribution in [0.4, 0.5) is 11.6 Å². The summed E-state index contributed by atoms with van der Waals surface area (Å²) in [6.07, 6.45) is 0. The van der Waals surface area contributed by atoms with Crippen molar-refractivity contribution in [3.8, 4) is 11.3 Å². The number of nitrogens with zero attached hydrogens (tertiary/aromatic N) is 4. The molecule has 27 heavy (non-hydrogen) atoms. The maximum Gasteiger partial charge on any atom is 0.234 e. The third kappa shape index (κ3) is 3.75. The van der Waals surface area contributed by atoms with Crippen LogP contribution in [0.5, 0.6) is 0 Å². The largest absolute Gasteiger partial charge is 0.369 e. The van der Waals surface area contributed by atoms with E-state index >= 15 is 0 Å². The van der Waals surface area contributed by atoms with Crippen LogP contribution in [0.15, 0.2) is 71.9 Å². The number of carbonyl (C=O) groups is 1. The van der Waals surface area contributed by atoms with Crippen LogP contribution in [0.3, 0.4) is 0 Å². The Morgan fingerprint density at radius 1 is 1.04 bits per heavy atom. The molecule has 2 aromatic heterocycles. The third-order valence-electron chi connectivity index (χ3n) is 3.85. The van der Waals surface area contributed by atoms with E-state index in [-0.39, 0.29) is 17.6 Å². The van der Waals surface area contributed by atoms with Crippen LogP contribution in [-0.4, -0.2) is 31.2 Å². The molecule has 0 unspecified atom stereocenters. The van der Waals surface area contributed by atoms with Crippen molar-refractivity contribution in [3.05, 3.63) is 66.7 Å². The number of carbonyl (C=O) groups excluding carboxylic acids is 1. The summed E-state index contributed by atoms with van der Waals surface area (Å²) in [4.78, 5) is 16.6. The van der Waals surface area contributed by atoms with Gasteiger partial charge in [0.25, 0.3) is 0 Å². The summed E-state index contributed by atoms with van der Waals surface area (Å²) in [7, 11) is 0. The number of hydrogen-bond acceptors (Lipinski definition) is 6. The zero-order chi connectivity index (χ0) is 18.6. The van der Waals surface area contributed by atoms with Crippen LogP contribution in [0.1, 0.15) is 0 Å². The molecule has 0 aliphatic rings. The summed E-state index contributed by atoms with van der Waals surface area (Å²) in [5.74, 6) is 0.341. The van der Waals surface area contributed by atoms with E-state index in [1.165, 1.54) is 11.8 Å². The minimum atomic E-state index is -0.129. The molecule has 1 amide bonds. The molecule has 0 bridgehead atoms. The normalized spacial score (nSPS) is 10.8. The monoisotopic (exact) mass is 376 g/mol. The van der Waals surface area contributed by atoms with Gasteiger partial charge in [0.2, 0.25) is 11.9 Å². The minimum absolute atomic E-state index is 0.129. The van der Waals surface area contributed by atoms with Crippen molar-refractivity contribution in [1.29, 1.82) is 0 Å². The number of aromatic nitrogens is 4. The molecule has 0 saturated heterocycles. The first-order valence-corrected chi connectivity index (χ1v) is 9.24. The number of nitrogens with two attached hydrogens (primary N) is 1. The van der Waals surface area contributed by atoms with Crippen LogP contribution in [0.25, 0.3) is 16.9 Å². The number of nitrogens with one attached hydrogen (secondary N) is 1. The van der Waals surface area contributed by atoms with Crippen molar-refractivity contribution >= 4 is 35.0 Å². The van der Waals surface area contributed by atoms with Crippen molar-refractivity contribution in [1.82, 2.24) is 19.6 Å². The highest BCUT2D eigenvalue weighted by Gasteiger charge is 2.14. The fourth-order valence-corrected chi connectivity index (χ4v) is 3.36. The molecule has 4 aromatic rings. The molecule has 0 aliphatic carbocycles. The average molecular weight is 376 g/mol. The number of anilines is 2. The second-order valence-corrected chi connectivity index (χ2v) is 6.69. The number of para-hydroxylation sites is 1. The van der Waals surface area contributed by atoms with E-state index in [1.807, 2.05) is 66.7 Å². The highest BCUT2D eigenvalue weighted by molar-refractivity contribution is 7.99. The van der Waals surface area contributed by atoms with Crippen molar-refractivity contribution < 1.29 is 4.79 Å². The molecule has 134 valence electrons. The summed E-state index contributed by atoms with van der Waals surface area (Å²) in [5, 5.41) is 11.7. The first kappa shape index (κ1) is 17.0. The first-order valence-electron chi connectivity index (χ1n) is 8.25. The van der Waals surface area contributed by atoms with Gasteiger partial charge in [0.15, 0.2) is 10.8 Å². The van der Waals surface area contributed by atoms with Gasteiger partial charge < -0.3 is 11.1 Å². The lowest BCUT2D eigenvalue weighted by Gasteiger charge is -2.06. The number of thioether (sulfide) groups is 1. The number of amides is 1. The third-order valence-corrected chi connectivity index (χ3v) is 4.78. The van der Waals surface area contributed by atoms with Crippen LogP contribution < -0.4 is 11.1 Å². The lowest BCUT2D eigenvalue weighted by atomic mass is 10.1. The summed E-state index contributed by atoms with van der Waals surface area (Å²) >= 11 is 1.26. The van der Waals surface area contributed by atoms with Gasteiger partial charge in [-0.15, -0.1) is 10.2 Å². The van der Waals surface area contributed by atoms with Crippen LogP contribution >= 0.6 is 11.8 Å². The molecular weight excluding hydrogens is 360 g/mol.